The molecule has 9 heteroatoms. The predicted octanol–water partition coefficient (Wildman–Crippen LogP) is 2.08. The predicted molar refractivity (Wildman–Crippen MR) is 44.7 cm³/mol. The largest absolute Gasteiger partial charge is 0.573 e. The molecule has 0 radical (unpaired) electrons. The van der Waals surface area contributed by atoms with Crippen molar-refractivity contribution in [2.75, 3.05) is 11.5 Å². The second-order valence-electron chi connectivity index (χ2n) is 2.69. The van der Waals surface area contributed by atoms with Gasteiger partial charge in [0.2, 0.25) is 0 Å². The first kappa shape index (κ1) is 12.3. The van der Waals surface area contributed by atoms with Crippen LogP contribution in [0.25, 0.3) is 0 Å². The number of anilines is 2. The summed E-state index contributed by atoms with van der Waals surface area (Å²) in [5, 5.41) is 0. The van der Waals surface area contributed by atoms with Gasteiger partial charge >= 0.3 is 6.36 Å². The van der Waals surface area contributed by atoms with E-state index in [0.717, 1.165) is 6.20 Å². The molecule has 4 N–H and O–H groups in total. The number of halogens is 5. The number of aromatic nitrogens is 1. The maximum Gasteiger partial charge on any atom is 0.573 e. The van der Waals surface area contributed by atoms with Crippen LogP contribution in [0.5, 0.6) is 5.75 Å². The Morgan fingerprint density at radius 3 is 2.25 bits per heavy atom. The first-order chi connectivity index (χ1) is 7.22. The van der Waals surface area contributed by atoms with Crippen molar-refractivity contribution in [2.45, 2.75) is 12.8 Å². The summed E-state index contributed by atoms with van der Waals surface area (Å²) in [6, 6.07) is 0. The number of alkyl halides is 5. The Kier molecular flexibility index (Phi) is 3.06. The summed E-state index contributed by atoms with van der Waals surface area (Å²) in [4.78, 5) is 3.04. The van der Waals surface area contributed by atoms with Crippen LogP contribution in [0, 0.1) is 0 Å². The van der Waals surface area contributed by atoms with Crippen LogP contribution in [0.3, 0.4) is 0 Å². The molecule has 0 aromatic carbocycles. The van der Waals surface area contributed by atoms with Crippen molar-refractivity contribution in [1.82, 2.24) is 4.98 Å². The van der Waals surface area contributed by atoms with Gasteiger partial charge in [0.15, 0.2) is 11.4 Å². The van der Waals surface area contributed by atoms with Gasteiger partial charge in [0.1, 0.15) is 5.69 Å². The molecule has 0 saturated carbocycles. The van der Waals surface area contributed by atoms with Gasteiger partial charge in [0.25, 0.3) is 6.43 Å². The fraction of sp³-hybridized carbons (Fsp3) is 0.286. The molecular weight excluding hydrogens is 237 g/mol. The molecule has 0 amide bonds. The van der Waals surface area contributed by atoms with Crippen LogP contribution in [0.4, 0.5) is 33.3 Å². The summed E-state index contributed by atoms with van der Waals surface area (Å²) in [5.41, 5.74) is 7.94. The highest BCUT2D eigenvalue weighted by molar-refractivity contribution is 5.71. The lowest BCUT2D eigenvalue weighted by Gasteiger charge is -2.15. The Balaban J connectivity index is 3.26. The summed E-state index contributed by atoms with van der Waals surface area (Å²) < 4.78 is 63.7. The second kappa shape index (κ2) is 3.99. The van der Waals surface area contributed by atoms with Crippen LogP contribution >= 0.6 is 0 Å². The minimum absolute atomic E-state index is 0.372. The standard InChI is InChI=1S/C7H6F5N3O/c8-6(9)4-5(16-7(10,11)12)3(14)2(13)1-15-4/h1,6H,13H2,(H2,14,15). The number of nitrogens with two attached hydrogens (primary N) is 2. The van der Waals surface area contributed by atoms with Gasteiger partial charge in [-0.1, -0.05) is 0 Å². The average molecular weight is 243 g/mol. The lowest BCUT2D eigenvalue weighted by Crippen LogP contribution is -2.20. The van der Waals surface area contributed by atoms with Crippen LogP contribution in [-0.2, 0) is 0 Å². The first-order valence-corrected chi connectivity index (χ1v) is 3.80. The molecule has 16 heavy (non-hydrogen) atoms. The number of pyridine rings is 1. The van der Waals surface area contributed by atoms with Gasteiger partial charge in [0.05, 0.1) is 11.9 Å². The molecule has 0 bridgehead atoms. The van der Waals surface area contributed by atoms with E-state index in [-0.39, 0.29) is 5.69 Å². The smallest absolute Gasteiger partial charge is 0.401 e. The average Bonchev–Trinajstić information content (AvgIpc) is 2.10. The summed E-state index contributed by atoms with van der Waals surface area (Å²) in [7, 11) is 0. The molecule has 90 valence electrons. The number of hydrogen-bond acceptors (Lipinski definition) is 4. The van der Waals surface area contributed by atoms with E-state index < -0.39 is 29.9 Å². The van der Waals surface area contributed by atoms with Gasteiger partial charge < -0.3 is 16.2 Å². The van der Waals surface area contributed by atoms with Crippen molar-refractivity contribution in [2.24, 2.45) is 0 Å². The second-order valence-corrected chi connectivity index (χ2v) is 2.69. The summed E-state index contributed by atoms with van der Waals surface area (Å²) in [6.07, 6.45) is -7.66. The fourth-order valence-corrected chi connectivity index (χ4v) is 0.915. The topological polar surface area (TPSA) is 74.2 Å². The van der Waals surface area contributed by atoms with Crippen LogP contribution in [0.15, 0.2) is 6.20 Å². The third kappa shape index (κ3) is 2.61. The van der Waals surface area contributed by atoms with E-state index in [1.807, 2.05) is 0 Å². The minimum atomic E-state index is -5.15. The molecule has 0 aliphatic carbocycles. The monoisotopic (exact) mass is 243 g/mol. The van der Waals surface area contributed by atoms with Gasteiger partial charge in [0, 0.05) is 0 Å². The van der Waals surface area contributed by atoms with Crippen molar-refractivity contribution in [1.29, 1.82) is 0 Å². The molecule has 0 spiro atoms. The Morgan fingerprint density at radius 2 is 1.81 bits per heavy atom. The van der Waals surface area contributed by atoms with Crippen LogP contribution in [0.1, 0.15) is 12.1 Å². The van der Waals surface area contributed by atoms with E-state index in [2.05, 4.69) is 9.72 Å². The Labute approximate surface area is 86.0 Å². The summed E-state index contributed by atoms with van der Waals surface area (Å²) >= 11 is 0. The van der Waals surface area contributed by atoms with Crippen LogP contribution in [0.2, 0.25) is 0 Å². The fourth-order valence-electron chi connectivity index (χ4n) is 0.915. The summed E-state index contributed by atoms with van der Waals surface area (Å²) in [5.74, 6) is -1.26. The molecule has 0 unspecified atom stereocenters. The molecular formula is C7H6F5N3O. The first-order valence-electron chi connectivity index (χ1n) is 3.80. The van der Waals surface area contributed by atoms with Crippen molar-refractivity contribution in [3.05, 3.63) is 11.9 Å². The highest BCUT2D eigenvalue weighted by atomic mass is 19.4. The van der Waals surface area contributed by atoms with E-state index in [1.54, 1.807) is 0 Å². The van der Waals surface area contributed by atoms with Gasteiger partial charge in [-0.2, -0.15) is 0 Å². The normalized spacial score (nSPS) is 11.9. The molecule has 0 aliphatic rings. The Bertz CT molecular complexity index is 392. The molecule has 0 aliphatic heterocycles. The molecule has 0 saturated heterocycles. The number of nitrogens with zero attached hydrogens (tertiary/aromatic N) is 1. The zero-order chi connectivity index (χ0) is 12.5. The molecule has 4 nitrogen and oxygen atoms in total. The number of ether oxygens (including phenoxy) is 1. The minimum Gasteiger partial charge on any atom is -0.401 e. The van der Waals surface area contributed by atoms with Crippen molar-refractivity contribution in [3.8, 4) is 5.75 Å². The third-order valence-corrected chi connectivity index (χ3v) is 1.56. The van der Waals surface area contributed by atoms with Crippen LogP contribution < -0.4 is 16.2 Å². The highest BCUT2D eigenvalue weighted by Gasteiger charge is 2.35. The van der Waals surface area contributed by atoms with E-state index in [0.29, 0.717) is 0 Å². The molecule has 0 fully saturated rings. The van der Waals surface area contributed by atoms with Gasteiger partial charge in [-0.15, -0.1) is 13.2 Å². The van der Waals surface area contributed by atoms with Gasteiger partial charge in [-0.25, -0.2) is 13.8 Å². The summed E-state index contributed by atoms with van der Waals surface area (Å²) in [6.45, 7) is 0. The zero-order valence-electron chi connectivity index (χ0n) is 7.55. The van der Waals surface area contributed by atoms with Crippen molar-refractivity contribution in [3.63, 3.8) is 0 Å². The van der Waals surface area contributed by atoms with Gasteiger partial charge in [-0.05, 0) is 0 Å². The number of rotatable bonds is 2. The van der Waals surface area contributed by atoms with E-state index in [1.165, 1.54) is 0 Å². The molecule has 1 aromatic rings. The van der Waals surface area contributed by atoms with E-state index >= 15 is 0 Å². The van der Waals surface area contributed by atoms with E-state index in [4.69, 9.17) is 11.5 Å². The Hall–Kier alpha value is -1.80. The van der Waals surface area contributed by atoms with Crippen molar-refractivity contribution >= 4 is 11.4 Å². The zero-order valence-corrected chi connectivity index (χ0v) is 7.55. The lowest BCUT2D eigenvalue weighted by molar-refractivity contribution is -0.275. The van der Waals surface area contributed by atoms with Crippen molar-refractivity contribution < 1.29 is 26.7 Å². The SMILES string of the molecule is Nc1cnc(C(F)F)c(OC(F)(F)F)c1N. The maximum atomic E-state index is 12.3. The highest BCUT2D eigenvalue weighted by Crippen LogP contribution is 2.38. The maximum absolute atomic E-state index is 12.3. The number of nitrogen functional groups attached to an aromatic ring is 2. The third-order valence-electron chi connectivity index (χ3n) is 1.56. The molecule has 1 aromatic heterocycles. The number of hydrogen-bond donors (Lipinski definition) is 2. The van der Waals surface area contributed by atoms with Crippen LogP contribution in [-0.4, -0.2) is 11.3 Å². The Morgan fingerprint density at radius 1 is 1.25 bits per heavy atom. The van der Waals surface area contributed by atoms with E-state index in [9.17, 15) is 22.0 Å². The molecule has 0 atom stereocenters. The quantitative estimate of drug-likeness (QED) is 0.780. The molecule has 1 rings (SSSR count). The lowest BCUT2D eigenvalue weighted by atomic mass is 10.2. The molecule has 1 heterocycles. The van der Waals surface area contributed by atoms with Gasteiger partial charge in [-0.3, -0.25) is 0 Å².